The van der Waals surface area contributed by atoms with E-state index >= 15 is 0 Å². The number of carbonyl (C=O) groups is 2. The van der Waals surface area contributed by atoms with E-state index in [1.165, 1.54) is 23.1 Å². The van der Waals surface area contributed by atoms with Crippen LogP contribution >= 0.6 is 23.1 Å². The average Bonchev–Trinajstić information content (AvgIpc) is 3.07. The third kappa shape index (κ3) is 5.71. The third-order valence-corrected chi connectivity index (χ3v) is 5.38. The lowest BCUT2D eigenvalue weighted by atomic mass is 10.1. The first kappa shape index (κ1) is 19.2. The summed E-state index contributed by atoms with van der Waals surface area (Å²) < 4.78 is 5.82. The van der Waals surface area contributed by atoms with E-state index in [1.54, 1.807) is 19.2 Å². The van der Waals surface area contributed by atoms with Crippen molar-refractivity contribution >= 4 is 45.7 Å². The molecular formula is C16H20N4O3S2. The maximum Gasteiger partial charge on any atom is 0.234 e. The van der Waals surface area contributed by atoms with Crippen LogP contribution in [-0.4, -0.2) is 34.9 Å². The summed E-state index contributed by atoms with van der Waals surface area (Å²) in [7, 11) is 1.55. The van der Waals surface area contributed by atoms with Crippen molar-refractivity contribution in [2.24, 2.45) is 5.92 Å². The molecule has 2 rings (SSSR count). The lowest BCUT2D eigenvalue weighted by Crippen LogP contribution is -2.19. The Morgan fingerprint density at radius 2 is 2.04 bits per heavy atom. The topological polar surface area (TPSA) is 93.2 Å². The monoisotopic (exact) mass is 380 g/mol. The van der Waals surface area contributed by atoms with Crippen LogP contribution in [0.25, 0.3) is 0 Å². The van der Waals surface area contributed by atoms with Crippen molar-refractivity contribution < 1.29 is 14.3 Å². The third-order valence-electron chi connectivity index (χ3n) is 3.40. The second kappa shape index (κ2) is 9.38. The van der Waals surface area contributed by atoms with Gasteiger partial charge in [-0.3, -0.25) is 9.59 Å². The van der Waals surface area contributed by atoms with Crippen LogP contribution in [0.15, 0.2) is 28.6 Å². The SMILES string of the molecule is CCC(C)C(=O)Nc1nnc(SCC(=O)Nc2ccccc2OC)s1. The van der Waals surface area contributed by atoms with E-state index in [4.69, 9.17) is 4.74 Å². The van der Waals surface area contributed by atoms with E-state index in [0.717, 1.165) is 6.42 Å². The molecule has 0 saturated heterocycles. The minimum atomic E-state index is -0.171. The van der Waals surface area contributed by atoms with Gasteiger partial charge in [-0.05, 0) is 18.6 Å². The highest BCUT2D eigenvalue weighted by Gasteiger charge is 2.14. The number of hydrogen-bond donors (Lipinski definition) is 2. The Labute approximate surface area is 154 Å². The maximum atomic E-state index is 12.1. The van der Waals surface area contributed by atoms with Crippen molar-refractivity contribution in [3.63, 3.8) is 0 Å². The molecule has 9 heteroatoms. The molecule has 134 valence electrons. The lowest BCUT2D eigenvalue weighted by molar-refractivity contribution is -0.119. The molecule has 0 aliphatic rings. The summed E-state index contributed by atoms with van der Waals surface area (Å²) in [6, 6.07) is 7.20. The maximum absolute atomic E-state index is 12.1. The largest absolute Gasteiger partial charge is 0.495 e. The number of anilines is 2. The summed E-state index contributed by atoms with van der Waals surface area (Å²) >= 11 is 2.51. The second-order valence-electron chi connectivity index (χ2n) is 5.21. The second-order valence-corrected chi connectivity index (χ2v) is 7.41. The van der Waals surface area contributed by atoms with Crippen molar-refractivity contribution in [3.8, 4) is 5.75 Å². The smallest absolute Gasteiger partial charge is 0.234 e. The minimum absolute atomic E-state index is 0.0772. The van der Waals surface area contributed by atoms with E-state index in [9.17, 15) is 9.59 Å². The molecule has 0 spiro atoms. The van der Waals surface area contributed by atoms with Gasteiger partial charge in [0.2, 0.25) is 16.9 Å². The number of ether oxygens (including phenoxy) is 1. The van der Waals surface area contributed by atoms with Crippen molar-refractivity contribution in [1.82, 2.24) is 10.2 Å². The molecule has 0 fully saturated rings. The van der Waals surface area contributed by atoms with Gasteiger partial charge < -0.3 is 15.4 Å². The normalized spacial score (nSPS) is 11.6. The summed E-state index contributed by atoms with van der Waals surface area (Å²) in [5.41, 5.74) is 0.620. The van der Waals surface area contributed by atoms with Crippen molar-refractivity contribution in [3.05, 3.63) is 24.3 Å². The van der Waals surface area contributed by atoms with Crippen LogP contribution in [0.1, 0.15) is 20.3 Å². The number of aromatic nitrogens is 2. The number of para-hydroxylation sites is 2. The van der Waals surface area contributed by atoms with Gasteiger partial charge in [-0.1, -0.05) is 49.1 Å². The van der Waals surface area contributed by atoms with Crippen LogP contribution in [-0.2, 0) is 9.59 Å². The lowest BCUT2D eigenvalue weighted by Gasteiger charge is -2.08. The molecule has 25 heavy (non-hydrogen) atoms. The van der Waals surface area contributed by atoms with E-state index in [2.05, 4.69) is 20.8 Å². The number of hydrogen-bond acceptors (Lipinski definition) is 7. The molecule has 1 atom stereocenters. The first-order valence-electron chi connectivity index (χ1n) is 7.73. The molecule has 0 radical (unpaired) electrons. The van der Waals surface area contributed by atoms with Gasteiger partial charge in [0.15, 0.2) is 4.34 Å². The zero-order valence-electron chi connectivity index (χ0n) is 14.2. The highest BCUT2D eigenvalue weighted by atomic mass is 32.2. The number of carbonyl (C=O) groups excluding carboxylic acids is 2. The predicted octanol–water partition coefficient (Wildman–Crippen LogP) is 3.26. The van der Waals surface area contributed by atoms with Gasteiger partial charge in [0.1, 0.15) is 5.75 Å². The van der Waals surface area contributed by atoms with Crippen molar-refractivity contribution in [2.45, 2.75) is 24.6 Å². The van der Waals surface area contributed by atoms with Gasteiger partial charge in [-0.2, -0.15) is 0 Å². The van der Waals surface area contributed by atoms with Gasteiger partial charge in [-0.15, -0.1) is 10.2 Å². The van der Waals surface area contributed by atoms with Crippen LogP contribution in [0.5, 0.6) is 5.75 Å². The molecule has 0 saturated carbocycles. The van der Waals surface area contributed by atoms with Gasteiger partial charge in [0, 0.05) is 5.92 Å². The molecule has 2 amide bonds. The molecule has 2 N–H and O–H groups in total. The Morgan fingerprint density at radius 3 is 2.76 bits per heavy atom. The molecule has 0 aliphatic heterocycles. The number of benzene rings is 1. The van der Waals surface area contributed by atoms with Crippen LogP contribution in [0.2, 0.25) is 0 Å². The van der Waals surface area contributed by atoms with Gasteiger partial charge in [0.25, 0.3) is 0 Å². The Bertz CT molecular complexity index is 736. The number of nitrogens with one attached hydrogen (secondary N) is 2. The van der Waals surface area contributed by atoms with Crippen LogP contribution < -0.4 is 15.4 Å². The summed E-state index contributed by atoms with van der Waals surface area (Å²) in [4.78, 5) is 23.9. The van der Waals surface area contributed by atoms with Crippen molar-refractivity contribution in [2.75, 3.05) is 23.5 Å². The standard InChI is InChI=1S/C16H20N4O3S2/c1-4-10(2)14(22)18-15-19-20-16(25-15)24-9-13(21)17-11-7-5-6-8-12(11)23-3/h5-8,10H,4,9H2,1-3H3,(H,17,21)(H,18,19,22). The van der Waals surface area contributed by atoms with Gasteiger partial charge in [-0.25, -0.2) is 0 Å². The van der Waals surface area contributed by atoms with Crippen LogP contribution in [0.3, 0.4) is 0 Å². The van der Waals surface area contributed by atoms with E-state index in [-0.39, 0.29) is 23.5 Å². The Hall–Kier alpha value is -2.13. The molecule has 1 heterocycles. The van der Waals surface area contributed by atoms with Crippen LogP contribution in [0, 0.1) is 5.92 Å². The quantitative estimate of drug-likeness (QED) is 0.539. The number of rotatable bonds is 8. The Balaban J connectivity index is 1.85. The fourth-order valence-corrected chi connectivity index (χ4v) is 3.35. The highest BCUT2D eigenvalue weighted by Crippen LogP contribution is 2.27. The molecule has 1 unspecified atom stereocenters. The number of methoxy groups -OCH3 is 1. The molecule has 1 aromatic heterocycles. The number of nitrogens with zero attached hydrogens (tertiary/aromatic N) is 2. The van der Waals surface area contributed by atoms with Crippen LogP contribution in [0.4, 0.5) is 10.8 Å². The average molecular weight is 380 g/mol. The fourth-order valence-electron chi connectivity index (χ4n) is 1.79. The summed E-state index contributed by atoms with van der Waals surface area (Å²) in [5, 5.41) is 13.9. The molecule has 7 nitrogen and oxygen atoms in total. The number of amides is 2. The van der Waals surface area contributed by atoms with E-state index in [1.807, 2.05) is 26.0 Å². The minimum Gasteiger partial charge on any atom is -0.495 e. The van der Waals surface area contributed by atoms with Gasteiger partial charge in [0.05, 0.1) is 18.6 Å². The molecule has 2 aromatic rings. The molecular weight excluding hydrogens is 360 g/mol. The molecule has 1 aromatic carbocycles. The van der Waals surface area contributed by atoms with Gasteiger partial charge >= 0.3 is 0 Å². The Kier molecular flexibility index (Phi) is 7.20. The first-order chi connectivity index (χ1) is 12.0. The molecule has 0 aliphatic carbocycles. The molecule has 0 bridgehead atoms. The van der Waals surface area contributed by atoms with E-state index < -0.39 is 0 Å². The fraction of sp³-hybridized carbons (Fsp3) is 0.375. The zero-order chi connectivity index (χ0) is 18.2. The zero-order valence-corrected chi connectivity index (χ0v) is 15.9. The van der Waals surface area contributed by atoms with E-state index in [0.29, 0.717) is 20.9 Å². The number of thioether (sulfide) groups is 1. The predicted molar refractivity (Wildman–Crippen MR) is 100 cm³/mol. The highest BCUT2D eigenvalue weighted by molar-refractivity contribution is 8.01. The summed E-state index contributed by atoms with van der Waals surface area (Å²) in [6.45, 7) is 3.81. The summed E-state index contributed by atoms with van der Waals surface area (Å²) in [5.74, 6) is 0.462. The first-order valence-corrected chi connectivity index (χ1v) is 9.53. The summed E-state index contributed by atoms with van der Waals surface area (Å²) in [6.07, 6.45) is 0.759. The Morgan fingerprint density at radius 1 is 1.28 bits per heavy atom. The van der Waals surface area contributed by atoms with Crippen molar-refractivity contribution in [1.29, 1.82) is 0 Å².